The summed E-state index contributed by atoms with van der Waals surface area (Å²) in [5.74, 6) is -1.23. The van der Waals surface area contributed by atoms with E-state index in [1.807, 2.05) is 19.3 Å². The van der Waals surface area contributed by atoms with Gasteiger partial charge in [-0.15, -0.1) is 11.3 Å². The van der Waals surface area contributed by atoms with E-state index < -0.39 is 16.0 Å². The zero-order valence-corrected chi connectivity index (χ0v) is 12.6. The van der Waals surface area contributed by atoms with Crippen molar-refractivity contribution in [3.8, 4) is 0 Å². The molecule has 108 valence electrons. The summed E-state index contributed by atoms with van der Waals surface area (Å²) in [6.45, 7) is 1.69. The zero-order chi connectivity index (χ0) is 14.9. The topological polar surface area (TPSA) is 88.4 Å². The molecule has 0 aromatic carbocycles. The molecule has 0 radical (unpaired) electrons. The van der Waals surface area contributed by atoms with Gasteiger partial charge in [-0.25, -0.2) is 17.9 Å². The Morgan fingerprint density at radius 3 is 2.75 bits per heavy atom. The van der Waals surface area contributed by atoms with E-state index in [9.17, 15) is 13.2 Å². The molecule has 0 unspecified atom stereocenters. The highest BCUT2D eigenvalue weighted by Crippen LogP contribution is 2.26. The second-order valence-electron chi connectivity index (χ2n) is 4.32. The minimum atomic E-state index is -3.85. The molecule has 0 atom stereocenters. The molecule has 0 spiro atoms. The van der Waals surface area contributed by atoms with E-state index >= 15 is 0 Å². The van der Waals surface area contributed by atoms with E-state index in [1.165, 1.54) is 5.38 Å². The van der Waals surface area contributed by atoms with E-state index in [0.29, 0.717) is 5.56 Å². The van der Waals surface area contributed by atoms with Gasteiger partial charge in [-0.05, 0) is 30.0 Å². The first-order chi connectivity index (χ1) is 9.33. The van der Waals surface area contributed by atoms with Crippen LogP contribution in [0.5, 0.6) is 0 Å². The Balaban J connectivity index is 2.29. The van der Waals surface area contributed by atoms with Crippen molar-refractivity contribution in [2.45, 2.75) is 18.4 Å². The fourth-order valence-electron chi connectivity index (χ4n) is 1.84. The number of carbonyl (C=O) groups is 1. The Bertz CT molecular complexity index is 743. The molecule has 2 rings (SSSR count). The second-order valence-corrected chi connectivity index (χ2v) is 6.90. The smallest absolute Gasteiger partial charge is 0.347 e. The van der Waals surface area contributed by atoms with Crippen LogP contribution >= 0.6 is 11.3 Å². The molecule has 2 heterocycles. The third-order valence-electron chi connectivity index (χ3n) is 2.88. The zero-order valence-electron chi connectivity index (χ0n) is 11.0. The van der Waals surface area contributed by atoms with Crippen molar-refractivity contribution < 1.29 is 18.3 Å². The van der Waals surface area contributed by atoms with Gasteiger partial charge in [-0.2, -0.15) is 0 Å². The van der Waals surface area contributed by atoms with Gasteiger partial charge in [0.15, 0.2) is 0 Å². The summed E-state index contributed by atoms with van der Waals surface area (Å²) in [6.07, 6.45) is 1.81. The van der Waals surface area contributed by atoms with Crippen LogP contribution < -0.4 is 4.72 Å². The van der Waals surface area contributed by atoms with Gasteiger partial charge in [-0.3, -0.25) is 0 Å². The molecular formula is C12H14N2O4S2. The van der Waals surface area contributed by atoms with Gasteiger partial charge in [0.25, 0.3) is 0 Å². The Morgan fingerprint density at radius 2 is 2.20 bits per heavy atom. The standard InChI is InChI=1S/C12H14N2O4S2/c1-8-7-19-10(12(15)16)11(8)20(17,18)13-6-9-4-3-5-14(9)2/h3-5,7,13H,6H2,1-2H3,(H,15,16). The van der Waals surface area contributed by atoms with Gasteiger partial charge in [0.2, 0.25) is 10.0 Å². The lowest BCUT2D eigenvalue weighted by Crippen LogP contribution is -2.25. The van der Waals surface area contributed by atoms with Gasteiger partial charge >= 0.3 is 5.97 Å². The molecule has 2 aromatic heterocycles. The van der Waals surface area contributed by atoms with Crippen LogP contribution in [0.2, 0.25) is 0 Å². The highest BCUT2D eigenvalue weighted by molar-refractivity contribution is 7.89. The van der Waals surface area contributed by atoms with Crippen LogP contribution in [-0.2, 0) is 23.6 Å². The van der Waals surface area contributed by atoms with Crippen LogP contribution in [-0.4, -0.2) is 24.1 Å². The molecule has 0 saturated heterocycles. The van der Waals surface area contributed by atoms with Crippen molar-refractivity contribution >= 4 is 27.3 Å². The van der Waals surface area contributed by atoms with E-state index in [2.05, 4.69) is 4.72 Å². The van der Waals surface area contributed by atoms with Gasteiger partial charge < -0.3 is 9.67 Å². The number of hydrogen-bond acceptors (Lipinski definition) is 4. The van der Waals surface area contributed by atoms with Crippen molar-refractivity contribution in [3.63, 3.8) is 0 Å². The fourth-order valence-corrected chi connectivity index (χ4v) is 4.46. The summed E-state index contributed by atoms with van der Waals surface area (Å²) < 4.78 is 28.8. The van der Waals surface area contributed by atoms with Crippen molar-refractivity contribution in [3.05, 3.63) is 39.8 Å². The van der Waals surface area contributed by atoms with E-state index in [1.54, 1.807) is 17.6 Å². The molecule has 0 fully saturated rings. The van der Waals surface area contributed by atoms with Crippen LogP contribution in [0.25, 0.3) is 0 Å². The average Bonchev–Trinajstić information content (AvgIpc) is 2.93. The highest BCUT2D eigenvalue weighted by Gasteiger charge is 2.26. The molecule has 20 heavy (non-hydrogen) atoms. The molecule has 6 nitrogen and oxygen atoms in total. The number of sulfonamides is 1. The normalized spacial score (nSPS) is 11.7. The number of thiophene rings is 1. The molecule has 0 aliphatic carbocycles. The maximum Gasteiger partial charge on any atom is 0.347 e. The van der Waals surface area contributed by atoms with Gasteiger partial charge in [0.05, 0.1) is 6.54 Å². The highest BCUT2D eigenvalue weighted by atomic mass is 32.2. The van der Waals surface area contributed by atoms with E-state index in [-0.39, 0.29) is 16.3 Å². The maximum absolute atomic E-state index is 12.3. The van der Waals surface area contributed by atoms with Crippen molar-refractivity contribution in [1.82, 2.24) is 9.29 Å². The summed E-state index contributed by atoms with van der Waals surface area (Å²) in [5.41, 5.74) is 1.23. The van der Waals surface area contributed by atoms with Crippen LogP contribution in [0.4, 0.5) is 0 Å². The van der Waals surface area contributed by atoms with Crippen LogP contribution in [0.15, 0.2) is 28.6 Å². The lowest BCUT2D eigenvalue weighted by atomic mass is 10.3. The second kappa shape index (κ2) is 5.39. The Morgan fingerprint density at radius 1 is 1.50 bits per heavy atom. The first-order valence-electron chi connectivity index (χ1n) is 5.74. The quantitative estimate of drug-likeness (QED) is 0.877. The van der Waals surface area contributed by atoms with Crippen LogP contribution in [0, 0.1) is 6.92 Å². The summed E-state index contributed by atoms with van der Waals surface area (Å²) in [7, 11) is -2.04. The lowest BCUT2D eigenvalue weighted by Gasteiger charge is -2.08. The molecular weight excluding hydrogens is 300 g/mol. The average molecular weight is 314 g/mol. The minimum Gasteiger partial charge on any atom is -0.477 e. The number of hydrogen-bond donors (Lipinski definition) is 2. The molecule has 2 aromatic rings. The first-order valence-corrected chi connectivity index (χ1v) is 8.10. The third-order valence-corrected chi connectivity index (χ3v) is 5.68. The summed E-state index contributed by atoms with van der Waals surface area (Å²) in [6, 6.07) is 3.60. The molecule has 0 amide bonds. The van der Waals surface area contributed by atoms with E-state index in [4.69, 9.17) is 5.11 Å². The monoisotopic (exact) mass is 314 g/mol. The first kappa shape index (κ1) is 14.8. The number of aromatic carboxylic acids is 1. The van der Waals surface area contributed by atoms with Gasteiger partial charge in [0.1, 0.15) is 9.77 Å². The Hall–Kier alpha value is -1.64. The van der Waals surface area contributed by atoms with Gasteiger partial charge in [0, 0.05) is 18.9 Å². The van der Waals surface area contributed by atoms with Crippen LogP contribution in [0.1, 0.15) is 20.9 Å². The van der Waals surface area contributed by atoms with E-state index in [0.717, 1.165) is 17.0 Å². The SMILES string of the molecule is Cc1csc(C(=O)O)c1S(=O)(=O)NCc1cccn1C. The Kier molecular flexibility index (Phi) is 3.98. The molecule has 0 bridgehead atoms. The number of carboxylic acid groups (broad SMARTS) is 1. The largest absolute Gasteiger partial charge is 0.477 e. The predicted molar refractivity (Wildman–Crippen MR) is 75.5 cm³/mol. The molecule has 8 heteroatoms. The number of aryl methyl sites for hydroxylation is 2. The van der Waals surface area contributed by atoms with Crippen molar-refractivity contribution in [2.75, 3.05) is 0 Å². The molecule has 0 saturated carbocycles. The number of nitrogens with zero attached hydrogens (tertiary/aromatic N) is 1. The lowest BCUT2D eigenvalue weighted by molar-refractivity contribution is 0.0698. The van der Waals surface area contributed by atoms with Crippen molar-refractivity contribution in [2.24, 2.45) is 7.05 Å². The number of carboxylic acids is 1. The molecule has 0 aliphatic rings. The number of rotatable bonds is 5. The van der Waals surface area contributed by atoms with Crippen molar-refractivity contribution in [1.29, 1.82) is 0 Å². The molecule has 2 N–H and O–H groups in total. The summed E-state index contributed by atoms with van der Waals surface area (Å²) >= 11 is 0.914. The van der Waals surface area contributed by atoms with Crippen LogP contribution in [0.3, 0.4) is 0 Å². The predicted octanol–water partition coefficient (Wildman–Crippen LogP) is 1.57. The van der Waals surface area contributed by atoms with Gasteiger partial charge in [-0.1, -0.05) is 0 Å². The maximum atomic E-state index is 12.3. The number of aromatic nitrogens is 1. The number of nitrogens with one attached hydrogen (secondary N) is 1. The molecule has 0 aliphatic heterocycles. The summed E-state index contributed by atoms with van der Waals surface area (Å²) in [5, 5.41) is 10.6. The minimum absolute atomic E-state index is 0.111. The Labute approximate surface area is 120 Å². The third kappa shape index (κ3) is 2.77. The summed E-state index contributed by atoms with van der Waals surface area (Å²) in [4.78, 5) is 10.8. The fraction of sp³-hybridized carbons (Fsp3) is 0.250.